The van der Waals surface area contributed by atoms with Gasteiger partial charge in [-0.25, -0.2) is 9.78 Å². The highest BCUT2D eigenvalue weighted by atomic mass is 16.4. The molecule has 0 saturated heterocycles. The van der Waals surface area contributed by atoms with Crippen molar-refractivity contribution < 1.29 is 68.1 Å². The fourth-order valence-electron chi connectivity index (χ4n) is 6.02. The number of carboxylic acids is 2. The minimum Gasteiger partial charge on any atom is -0.481 e. The SMILES string of the molecule is CC[C@H](C)[C@H](NC(=O)[C@H](CCC(N)=O)NC(=O)[C@H](CO)NC(=O)[C@@H](NC(=O)[C@@H](NC(=O)[C@H](CC(N)=O)NC(=O)[C@@H](N)CC(=O)O)C(C)C)[C@@H](C)CC)C(=O)N[C@@H](Cc1c[nH]cn1)C(=O)O. The number of nitrogens with zero attached hydrogens (tertiary/aromatic N) is 1. The van der Waals surface area contributed by atoms with Crippen molar-refractivity contribution >= 4 is 65.1 Å². The van der Waals surface area contributed by atoms with Gasteiger partial charge in [0, 0.05) is 19.0 Å². The Bertz CT molecular complexity index is 1850. The Labute approximate surface area is 374 Å². The van der Waals surface area contributed by atoms with Gasteiger partial charge in [0.2, 0.25) is 53.2 Å². The van der Waals surface area contributed by atoms with Crippen molar-refractivity contribution in [3.05, 3.63) is 18.2 Å². The summed E-state index contributed by atoms with van der Waals surface area (Å²) < 4.78 is 0. The van der Waals surface area contributed by atoms with Gasteiger partial charge in [-0.05, 0) is 24.2 Å². The van der Waals surface area contributed by atoms with Crippen LogP contribution in [0.5, 0.6) is 0 Å². The van der Waals surface area contributed by atoms with E-state index in [2.05, 4.69) is 47.2 Å². The molecule has 1 rings (SSSR count). The third-order valence-corrected chi connectivity index (χ3v) is 10.3. The van der Waals surface area contributed by atoms with Gasteiger partial charge in [-0.1, -0.05) is 54.4 Å². The second-order valence-corrected chi connectivity index (χ2v) is 15.9. The Kier molecular flexibility index (Phi) is 23.8. The van der Waals surface area contributed by atoms with Crippen molar-refractivity contribution in [2.75, 3.05) is 6.61 Å². The number of aliphatic carboxylic acids is 2. The van der Waals surface area contributed by atoms with E-state index in [0.717, 1.165) is 0 Å². The highest BCUT2D eigenvalue weighted by Crippen LogP contribution is 2.13. The first-order valence-corrected chi connectivity index (χ1v) is 20.8. The number of aliphatic hydroxyl groups excluding tert-OH is 1. The normalized spacial score (nSPS) is 15.7. The number of carboxylic acid groups (broad SMARTS) is 2. The monoisotopic (exact) mass is 924 g/mol. The predicted molar refractivity (Wildman–Crippen MR) is 227 cm³/mol. The molecule has 0 aromatic carbocycles. The molecule has 26 nitrogen and oxygen atoms in total. The summed E-state index contributed by atoms with van der Waals surface area (Å²) in [4.78, 5) is 147. The molecule has 0 unspecified atom stereocenters. The van der Waals surface area contributed by atoms with E-state index in [1.54, 1.807) is 27.7 Å². The molecule has 0 saturated carbocycles. The van der Waals surface area contributed by atoms with Gasteiger partial charge in [0.15, 0.2) is 0 Å². The number of primary amides is 2. The number of imidazole rings is 1. The standard InChI is InChI=1S/C39H64N12O14/c1-7-18(5)30(37(62)47-24(39(64)65)11-20-14-43-16-44-20)50-33(58)22(9-10-26(41)53)45-35(60)25(15-52)48-38(63)31(19(6)8-2)51-36(61)29(17(3)4)49-34(59)23(13-27(42)54)46-32(57)21(40)12-28(55)56/h14,16-19,21-25,29-31,52H,7-13,15,40H2,1-6H3,(H2,41,53)(H2,42,54)(H,43,44)(H,45,60)(H,46,57)(H,47,62)(H,48,63)(H,49,59)(H,50,58)(H,51,61)(H,55,56)(H,64,65)/t18-,19-,21-,22-,23-,24-,25-,29-,30-,31-/m0/s1. The van der Waals surface area contributed by atoms with Crippen LogP contribution in [-0.2, 0) is 59.2 Å². The van der Waals surface area contributed by atoms with Crippen molar-refractivity contribution in [2.45, 2.75) is 135 Å². The molecular weight excluding hydrogens is 860 g/mol. The van der Waals surface area contributed by atoms with E-state index in [0.29, 0.717) is 12.1 Å². The van der Waals surface area contributed by atoms with Crippen molar-refractivity contribution in [3.8, 4) is 0 Å². The van der Waals surface area contributed by atoms with Crippen molar-refractivity contribution in [2.24, 2.45) is 35.0 Å². The Hall–Kier alpha value is -6.70. The average molecular weight is 925 g/mol. The Morgan fingerprint density at radius 2 is 1.08 bits per heavy atom. The summed E-state index contributed by atoms with van der Waals surface area (Å²) in [6, 6.07) is -12.3. The quantitative estimate of drug-likeness (QED) is 0.0344. The topological polar surface area (TPSA) is 439 Å². The van der Waals surface area contributed by atoms with Crippen LogP contribution in [0.15, 0.2) is 12.5 Å². The third kappa shape index (κ3) is 19.3. The number of nitrogens with one attached hydrogen (secondary N) is 8. The van der Waals surface area contributed by atoms with E-state index in [-0.39, 0.29) is 12.8 Å². The molecule has 17 N–H and O–H groups in total. The Balaban J connectivity index is 3.30. The number of hydrogen-bond donors (Lipinski definition) is 14. The van der Waals surface area contributed by atoms with Crippen LogP contribution >= 0.6 is 0 Å². The van der Waals surface area contributed by atoms with Gasteiger partial charge in [0.25, 0.3) is 0 Å². The maximum Gasteiger partial charge on any atom is 0.326 e. The lowest BCUT2D eigenvalue weighted by Gasteiger charge is -2.30. The van der Waals surface area contributed by atoms with Crippen LogP contribution in [0.2, 0.25) is 0 Å². The van der Waals surface area contributed by atoms with Gasteiger partial charge < -0.3 is 74.7 Å². The molecule has 0 spiro atoms. The highest BCUT2D eigenvalue weighted by molar-refractivity contribution is 5.99. The van der Waals surface area contributed by atoms with Crippen LogP contribution in [0.4, 0.5) is 0 Å². The fraction of sp³-hybridized carbons (Fsp3) is 0.641. The molecule has 0 aliphatic rings. The molecule has 0 bridgehead atoms. The number of amides is 9. The summed E-state index contributed by atoms with van der Waals surface area (Å²) in [6.45, 7) is 8.58. The number of H-pyrrole nitrogens is 1. The summed E-state index contributed by atoms with van der Waals surface area (Å²) in [5, 5.41) is 45.6. The number of aromatic amines is 1. The van der Waals surface area contributed by atoms with Gasteiger partial charge in [-0.15, -0.1) is 0 Å². The number of aliphatic hydroxyl groups is 1. The summed E-state index contributed by atoms with van der Waals surface area (Å²) in [5.41, 5.74) is 16.5. The number of carbonyl (C=O) groups excluding carboxylic acids is 9. The minimum atomic E-state index is -1.77. The molecule has 364 valence electrons. The van der Waals surface area contributed by atoms with Gasteiger partial charge >= 0.3 is 11.9 Å². The average Bonchev–Trinajstić information content (AvgIpc) is 3.75. The van der Waals surface area contributed by atoms with Crippen LogP contribution in [-0.4, -0.2) is 145 Å². The van der Waals surface area contributed by atoms with Crippen LogP contribution in [0.3, 0.4) is 0 Å². The fourth-order valence-corrected chi connectivity index (χ4v) is 6.02. The largest absolute Gasteiger partial charge is 0.481 e. The molecule has 0 radical (unpaired) electrons. The molecule has 1 aromatic heterocycles. The first-order valence-electron chi connectivity index (χ1n) is 20.8. The molecule has 0 aliphatic carbocycles. The lowest BCUT2D eigenvalue weighted by molar-refractivity contribution is -0.142. The Morgan fingerprint density at radius 1 is 0.615 bits per heavy atom. The summed E-state index contributed by atoms with van der Waals surface area (Å²) >= 11 is 0. The van der Waals surface area contributed by atoms with E-state index in [1.165, 1.54) is 26.4 Å². The second-order valence-electron chi connectivity index (χ2n) is 15.9. The van der Waals surface area contributed by atoms with Crippen molar-refractivity contribution in [1.29, 1.82) is 0 Å². The van der Waals surface area contributed by atoms with E-state index < -0.39 is 163 Å². The lowest BCUT2D eigenvalue weighted by Crippen LogP contribution is -2.62. The number of aromatic nitrogens is 2. The van der Waals surface area contributed by atoms with Gasteiger partial charge in [-0.2, -0.15) is 0 Å². The zero-order chi connectivity index (χ0) is 49.7. The summed E-state index contributed by atoms with van der Waals surface area (Å²) in [5.74, 6) is -13.7. The molecule has 65 heavy (non-hydrogen) atoms. The zero-order valence-corrected chi connectivity index (χ0v) is 37.2. The van der Waals surface area contributed by atoms with Crippen LogP contribution < -0.4 is 54.4 Å². The first kappa shape index (κ1) is 56.3. The van der Waals surface area contributed by atoms with E-state index in [1.807, 2.05) is 0 Å². The van der Waals surface area contributed by atoms with E-state index in [4.69, 9.17) is 22.3 Å². The molecule has 1 heterocycles. The molecule has 1 aromatic rings. The van der Waals surface area contributed by atoms with Crippen LogP contribution in [0.1, 0.15) is 85.8 Å². The molecule has 0 aliphatic heterocycles. The maximum atomic E-state index is 13.8. The van der Waals surface area contributed by atoms with Crippen molar-refractivity contribution in [1.82, 2.24) is 47.2 Å². The maximum absolute atomic E-state index is 13.8. The number of hydrogen-bond acceptors (Lipinski definition) is 14. The summed E-state index contributed by atoms with van der Waals surface area (Å²) in [6.07, 6.45) is 0.765. The smallest absolute Gasteiger partial charge is 0.326 e. The summed E-state index contributed by atoms with van der Waals surface area (Å²) in [7, 11) is 0. The molecule has 10 atom stereocenters. The van der Waals surface area contributed by atoms with Gasteiger partial charge in [0.05, 0.1) is 37.5 Å². The predicted octanol–water partition coefficient (Wildman–Crippen LogP) is -4.89. The van der Waals surface area contributed by atoms with Gasteiger partial charge in [0.1, 0.15) is 42.3 Å². The number of carbonyl (C=O) groups is 11. The van der Waals surface area contributed by atoms with E-state index in [9.17, 15) is 63.0 Å². The van der Waals surface area contributed by atoms with Crippen LogP contribution in [0, 0.1) is 17.8 Å². The van der Waals surface area contributed by atoms with Gasteiger partial charge in [-0.3, -0.25) is 47.9 Å². The molecule has 9 amide bonds. The Morgan fingerprint density at radius 3 is 1.52 bits per heavy atom. The number of nitrogens with two attached hydrogens (primary N) is 3. The number of rotatable bonds is 30. The van der Waals surface area contributed by atoms with Crippen molar-refractivity contribution in [3.63, 3.8) is 0 Å². The molecular formula is C39H64N12O14. The zero-order valence-electron chi connectivity index (χ0n) is 37.2. The lowest BCUT2D eigenvalue weighted by atomic mass is 9.96. The third-order valence-electron chi connectivity index (χ3n) is 10.3. The molecule has 26 heteroatoms. The minimum absolute atomic E-state index is 0.192. The first-order chi connectivity index (χ1) is 30.4. The second kappa shape index (κ2) is 27.5. The highest BCUT2D eigenvalue weighted by Gasteiger charge is 2.37. The van der Waals surface area contributed by atoms with Crippen LogP contribution in [0.25, 0.3) is 0 Å². The van der Waals surface area contributed by atoms with E-state index >= 15 is 0 Å². The molecule has 0 fully saturated rings.